The summed E-state index contributed by atoms with van der Waals surface area (Å²) in [5, 5.41) is 14.9. The van der Waals surface area contributed by atoms with E-state index >= 15 is 0 Å². The highest BCUT2D eigenvalue weighted by atomic mass is 19.1. The van der Waals surface area contributed by atoms with Crippen LogP contribution in [0.5, 0.6) is 0 Å². The van der Waals surface area contributed by atoms with Crippen molar-refractivity contribution >= 4 is 16.9 Å². The number of furan rings is 1. The highest BCUT2D eigenvalue weighted by Crippen LogP contribution is 2.35. The van der Waals surface area contributed by atoms with Gasteiger partial charge in [-0.25, -0.2) is 8.78 Å². The van der Waals surface area contributed by atoms with Crippen LogP contribution in [0, 0.1) is 17.6 Å². The van der Waals surface area contributed by atoms with Crippen LogP contribution in [-0.4, -0.2) is 35.5 Å². The molecule has 1 saturated heterocycles. The smallest absolute Gasteiger partial charge is 0.287 e. The monoisotopic (exact) mass is 442 g/mol. The third kappa shape index (κ3) is 4.84. The molecule has 0 aliphatic carbocycles. The van der Waals surface area contributed by atoms with Gasteiger partial charge in [-0.05, 0) is 60.7 Å². The third-order valence-electron chi connectivity index (χ3n) is 6.03. The molecule has 2 heterocycles. The minimum atomic E-state index is -1.03. The fourth-order valence-electron chi connectivity index (χ4n) is 4.10. The van der Waals surface area contributed by atoms with E-state index in [1.165, 1.54) is 6.07 Å². The fraction of sp³-hybridized carbons (Fsp3) is 0.400. The number of aliphatic hydroxyl groups is 1. The van der Waals surface area contributed by atoms with E-state index in [1.54, 1.807) is 12.1 Å². The molecule has 1 aromatic heterocycles. The number of halogens is 2. The molecule has 1 aliphatic rings. The number of rotatable bonds is 6. The zero-order valence-electron chi connectivity index (χ0n) is 18.3. The quantitative estimate of drug-likeness (QED) is 0.587. The maximum absolute atomic E-state index is 14.0. The first-order chi connectivity index (χ1) is 15.2. The molecule has 1 aliphatic heterocycles. The van der Waals surface area contributed by atoms with Crippen molar-refractivity contribution in [3.8, 4) is 0 Å². The minimum Gasteiger partial charge on any atom is -0.451 e. The van der Waals surface area contributed by atoms with Crippen LogP contribution in [0.15, 0.2) is 46.9 Å². The lowest BCUT2D eigenvalue weighted by Gasteiger charge is -2.38. The number of nitrogens with zero attached hydrogens (tertiary/aromatic N) is 1. The Labute approximate surface area is 186 Å². The summed E-state index contributed by atoms with van der Waals surface area (Å²) in [4.78, 5) is 14.3. The van der Waals surface area contributed by atoms with Gasteiger partial charge in [-0.2, -0.15) is 0 Å². The second-order valence-corrected chi connectivity index (χ2v) is 9.01. The van der Waals surface area contributed by atoms with E-state index in [4.69, 9.17) is 4.42 Å². The Kier molecular flexibility index (Phi) is 6.31. The fourth-order valence-corrected chi connectivity index (χ4v) is 4.10. The van der Waals surface area contributed by atoms with Crippen molar-refractivity contribution in [2.24, 2.45) is 5.92 Å². The first-order valence-electron chi connectivity index (χ1n) is 10.9. The van der Waals surface area contributed by atoms with Crippen LogP contribution in [0.2, 0.25) is 0 Å². The molecule has 32 heavy (non-hydrogen) atoms. The molecule has 0 saturated carbocycles. The van der Waals surface area contributed by atoms with Gasteiger partial charge in [0.25, 0.3) is 5.91 Å². The number of carbonyl (C=O) groups is 1. The third-order valence-corrected chi connectivity index (χ3v) is 6.03. The molecule has 7 heteroatoms. The van der Waals surface area contributed by atoms with Crippen molar-refractivity contribution in [3.05, 3.63) is 71.0 Å². The van der Waals surface area contributed by atoms with Gasteiger partial charge in [-0.15, -0.1) is 0 Å². The number of fused-ring (bicyclic) bond motifs is 1. The first kappa shape index (κ1) is 22.4. The molecule has 1 amide bonds. The number of hydrogen-bond donors (Lipinski definition) is 2. The van der Waals surface area contributed by atoms with Crippen molar-refractivity contribution in [1.82, 2.24) is 10.2 Å². The number of amides is 1. The zero-order chi connectivity index (χ0) is 22.9. The van der Waals surface area contributed by atoms with E-state index in [9.17, 15) is 18.7 Å². The molecule has 2 aromatic carbocycles. The Morgan fingerprint density at radius 3 is 2.62 bits per heavy atom. The normalized spacial score (nSPS) is 16.6. The Hall–Kier alpha value is -2.77. The first-order valence-corrected chi connectivity index (χ1v) is 10.9. The van der Waals surface area contributed by atoms with E-state index in [2.05, 4.69) is 5.32 Å². The van der Waals surface area contributed by atoms with E-state index < -0.39 is 17.2 Å². The van der Waals surface area contributed by atoms with Crippen LogP contribution in [0.25, 0.3) is 11.0 Å². The molecule has 0 unspecified atom stereocenters. The Morgan fingerprint density at radius 1 is 1.16 bits per heavy atom. The molecular formula is C25H28F2N2O3. The van der Waals surface area contributed by atoms with Crippen molar-refractivity contribution in [2.75, 3.05) is 19.6 Å². The number of nitrogens with one attached hydrogen (secondary N) is 1. The van der Waals surface area contributed by atoms with E-state index in [-0.39, 0.29) is 11.7 Å². The highest BCUT2D eigenvalue weighted by molar-refractivity contribution is 5.96. The number of likely N-dealkylation sites (tertiary alicyclic amines) is 1. The number of piperidine rings is 1. The van der Waals surface area contributed by atoms with Gasteiger partial charge >= 0.3 is 0 Å². The Bertz CT molecular complexity index is 1120. The van der Waals surface area contributed by atoms with Gasteiger partial charge in [0.15, 0.2) is 5.76 Å². The Morgan fingerprint density at radius 2 is 1.91 bits per heavy atom. The lowest BCUT2D eigenvalue weighted by molar-refractivity contribution is -0.0278. The molecular weight excluding hydrogens is 414 g/mol. The highest BCUT2D eigenvalue weighted by Gasteiger charge is 2.34. The molecule has 170 valence electrons. The summed E-state index contributed by atoms with van der Waals surface area (Å²) in [5.41, 5.74) is 0.642. The van der Waals surface area contributed by atoms with Crippen LogP contribution in [0.4, 0.5) is 8.78 Å². The lowest BCUT2D eigenvalue weighted by Crippen LogP contribution is -2.42. The number of benzene rings is 2. The van der Waals surface area contributed by atoms with Crippen LogP contribution in [0.1, 0.15) is 48.4 Å². The largest absolute Gasteiger partial charge is 0.451 e. The summed E-state index contributed by atoms with van der Waals surface area (Å²) in [6, 6.07) is 10.6. The molecule has 0 atom stereocenters. The second kappa shape index (κ2) is 9.00. The van der Waals surface area contributed by atoms with Gasteiger partial charge in [-0.3, -0.25) is 9.69 Å². The van der Waals surface area contributed by atoms with Gasteiger partial charge in [0.2, 0.25) is 0 Å². The van der Waals surface area contributed by atoms with Gasteiger partial charge < -0.3 is 14.8 Å². The van der Waals surface area contributed by atoms with Crippen LogP contribution >= 0.6 is 0 Å². The maximum Gasteiger partial charge on any atom is 0.287 e. The lowest BCUT2D eigenvalue weighted by atomic mass is 9.84. The minimum absolute atomic E-state index is 0.247. The Balaban J connectivity index is 1.44. The van der Waals surface area contributed by atoms with Gasteiger partial charge in [0.05, 0.1) is 5.60 Å². The van der Waals surface area contributed by atoms with Crippen molar-refractivity contribution in [3.63, 3.8) is 0 Å². The van der Waals surface area contributed by atoms with Gasteiger partial charge in [0.1, 0.15) is 17.2 Å². The average molecular weight is 443 g/mol. The second-order valence-electron chi connectivity index (χ2n) is 9.01. The van der Waals surface area contributed by atoms with Crippen molar-refractivity contribution < 1.29 is 23.1 Å². The van der Waals surface area contributed by atoms with E-state index in [0.29, 0.717) is 56.1 Å². The summed E-state index contributed by atoms with van der Waals surface area (Å²) >= 11 is 0. The molecule has 3 aromatic rings. The van der Waals surface area contributed by atoms with Crippen molar-refractivity contribution in [2.45, 2.75) is 38.8 Å². The topological polar surface area (TPSA) is 65.7 Å². The number of hydrogen-bond acceptors (Lipinski definition) is 4. The maximum atomic E-state index is 14.0. The molecule has 2 N–H and O–H groups in total. The number of carbonyl (C=O) groups excluding carboxylic acids is 1. The summed E-state index contributed by atoms with van der Waals surface area (Å²) in [7, 11) is 0. The summed E-state index contributed by atoms with van der Waals surface area (Å²) in [6.45, 7) is 6.02. The molecule has 0 spiro atoms. The van der Waals surface area contributed by atoms with Crippen LogP contribution < -0.4 is 5.32 Å². The zero-order valence-corrected chi connectivity index (χ0v) is 18.3. The molecule has 1 fully saturated rings. The van der Waals surface area contributed by atoms with E-state index in [1.807, 2.05) is 30.9 Å². The molecule has 0 radical (unpaired) electrons. The van der Waals surface area contributed by atoms with E-state index in [0.717, 1.165) is 23.1 Å². The summed E-state index contributed by atoms with van der Waals surface area (Å²) < 4.78 is 33.1. The van der Waals surface area contributed by atoms with Crippen LogP contribution in [-0.2, 0) is 12.1 Å². The van der Waals surface area contributed by atoms with Crippen LogP contribution in [0.3, 0.4) is 0 Å². The molecule has 0 bridgehead atoms. The predicted molar refractivity (Wildman–Crippen MR) is 118 cm³/mol. The summed E-state index contributed by atoms with van der Waals surface area (Å²) in [5.74, 6) is -0.552. The molecule has 5 nitrogen and oxygen atoms in total. The van der Waals surface area contributed by atoms with Gasteiger partial charge in [0, 0.05) is 37.1 Å². The predicted octanol–water partition coefficient (Wildman–Crippen LogP) is 4.58. The SMILES string of the molecule is CC(C)CNC(=O)c1cc2cc(C3(O)CCN(Cc4cc(F)ccc4F)CC3)ccc2o1. The van der Waals surface area contributed by atoms with Crippen molar-refractivity contribution in [1.29, 1.82) is 0 Å². The standard InChI is InChI=1S/C25H28F2N2O3/c1-16(2)14-28-24(30)23-13-17-11-19(3-6-22(17)32-23)25(31)7-9-29(10-8-25)15-18-12-20(26)4-5-21(18)27/h3-6,11-13,16,31H,7-10,14-15H2,1-2H3,(H,28,30). The summed E-state index contributed by atoms with van der Waals surface area (Å²) in [6.07, 6.45) is 0.935. The molecule has 4 rings (SSSR count). The average Bonchev–Trinajstić information content (AvgIpc) is 3.20. The van der Waals surface area contributed by atoms with Gasteiger partial charge in [-0.1, -0.05) is 19.9 Å².